The van der Waals surface area contributed by atoms with E-state index in [4.69, 9.17) is 9.97 Å². The summed E-state index contributed by atoms with van der Waals surface area (Å²) in [6, 6.07) is 105. The normalized spacial score (nSPS) is 11.9. The fraction of sp³-hybridized carbons (Fsp3) is 0. The molecule has 0 N–H and O–H groups in total. The van der Waals surface area contributed by atoms with Crippen LogP contribution in [0, 0.1) is 0 Å². The molecular formula is C70H48N4S. The molecule has 5 heteroatoms. The van der Waals surface area contributed by atoms with Crippen LogP contribution in [0.1, 0.15) is 0 Å². The minimum Gasteiger partial charge on any atom is -0.309 e. The lowest BCUT2D eigenvalue weighted by molar-refractivity contribution is 1.05. The first-order valence-corrected chi connectivity index (χ1v) is 27.1. The summed E-state index contributed by atoms with van der Waals surface area (Å²) >= 11 is 0. The maximum atomic E-state index is 5.66. The van der Waals surface area contributed by atoms with Gasteiger partial charge in [0.05, 0.1) is 27.8 Å². The quantitative estimate of drug-likeness (QED) is 0.137. The molecule has 354 valence electrons. The van der Waals surface area contributed by atoms with Crippen LogP contribution >= 0.6 is 10.0 Å². The van der Waals surface area contributed by atoms with E-state index >= 15 is 0 Å². The molecule has 0 saturated heterocycles. The first kappa shape index (κ1) is 44.2. The largest absolute Gasteiger partial charge is 0.309 e. The zero-order valence-electron chi connectivity index (χ0n) is 40.9. The molecule has 4 nitrogen and oxygen atoms in total. The highest BCUT2D eigenvalue weighted by Crippen LogP contribution is 2.73. The van der Waals surface area contributed by atoms with E-state index in [1.54, 1.807) is 0 Å². The summed E-state index contributed by atoms with van der Waals surface area (Å²) in [5.74, 6) is 1.43. The van der Waals surface area contributed by atoms with Gasteiger partial charge in [0, 0.05) is 64.0 Å². The summed E-state index contributed by atoms with van der Waals surface area (Å²) in [7, 11) is -1.99. The number of hydrogen-bond donors (Lipinski definition) is 0. The van der Waals surface area contributed by atoms with Gasteiger partial charge in [0.1, 0.15) is 5.82 Å². The van der Waals surface area contributed by atoms with Gasteiger partial charge in [-0.1, -0.05) is 182 Å². The lowest BCUT2D eigenvalue weighted by Gasteiger charge is -2.42. The number of aromatic nitrogens is 4. The van der Waals surface area contributed by atoms with Crippen molar-refractivity contribution in [3.05, 3.63) is 291 Å². The maximum absolute atomic E-state index is 5.66. The van der Waals surface area contributed by atoms with Crippen molar-refractivity contribution in [1.82, 2.24) is 19.1 Å². The van der Waals surface area contributed by atoms with E-state index in [1.165, 1.54) is 41.4 Å². The minimum absolute atomic E-state index is 0.642. The second-order valence-electron chi connectivity index (χ2n) is 19.0. The molecule has 0 spiro atoms. The molecule has 0 atom stereocenters. The smallest absolute Gasteiger partial charge is 0.162 e. The number of benzene rings is 11. The summed E-state index contributed by atoms with van der Waals surface area (Å²) in [4.78, 5) is 16.3. The van der Waals surface area contributed by atoms with Gasteiger partial charge in [-0.25, -0.2) is 9.97 Å². The Morgan fingerprint density at radius 1 is 0.253 bits per heavy atom. The van der Waals surface area contributed by atoms with Gasteiger partial charge in [-0.15, -0.1) is 10.0 Å². The van der Waals surface area contributed by atoms with E-state index in [1.807, 2.05) is 0 Å². The molecular weight excluding hydrogens is 929 g/mol. The summed E-state index contributed by atoms with van der Waals surface area (Å²) < 4.78 is 4.74. The van der Waals surface area contributed by atoms with Crippen molar-refractivity contribution in [2.24, 2.45) is 0 Å². The first-order chi connectivity index (χ1) is 37.2. The second-order valence-corrected chi connectivity index (χ2v) is 22.1. The van der Waals surface area contributed by atoms with E-state index in [2.05, 4.69) is 300 Å². The summed E-state index contributed by atoms with van der Waals surface area (Å²) in [5, 5.41) is 4.77. The van der Waals surface area contributed by atoms with Crippen molar-refractivity contribution in [1.29, 1.82) is 0 Å². The van der Waals surface area contributed by atoms with Crippen LogP contribution in [0.4, 0.5) is 0 Å². The molecule has 14 aromatic rings. The van der Waals surface area contributed by atoms with Gasteiger partial charge >= 0.3 is 0 Å². The van der Waals surface area contributed by atoms with E-state index in [9.17, 15) is 0 Å². The number of hydrogen-bond acceptors (Lipinski definition) is 2. The predicted octanol–water partition coefficient (Wildman–Crippen LogP) is 18.7. The van der Waals surface area contributed by atoms with Gasteiger partial charge in [0.15, 0.2) is 5.82 Å². The lowest BCUT2D eigenvalue weighted by atomic mass is 9.96. The average molecular weight is 977 g/mol. The van der Waals surface area contributed by atoms with Crippen LogP contribution in [-0.2, 0) is 0 Å². The molecule has 0 unspecified atom stereocenters. The van der Waals surface area contributed by atoms with E-state index in [-0.39, 0.29) is 0 Å². The van der Waals surface area contributed by atoms with Crippen molar-refractivity contribution in [2.75, 3.05) is 0 Å². The Labute approximate surface area is 437 Å². The first-order valence-electron chi connectivity index (χ1n) is 25.5. The Morgan fingerprint density at radius 2 is 0.667 bits per heavy atom. The third-order valence-electron chi connectivity index (χ3n) is 14.6. The molecule has 11 aromatic carbocycles. The molecule has 0 fully saturated rings. The molecule has 75 heavy (non-hydrogen) atoms. The minimum atomic E-state index is -1.99. The number of para-hydroxylation sites is 3. The fourth-order valence-electron chi connectivity index (χ4n) is 11.3. The monoisotopic (exact) mass is 976 g/mol. The van der Waals surface area contributed by atoms with Crippen LogP contribution in [-0.4, -0.2) is 19.1 Å². The van der Waals surface area contributed by atoms with Crippen LogP contribution in [0.2, 0.25) is 0 Å². The summed E-state index contributed by atoms with van der Waals surface area (Å²) in [6.45, 7) is 0. The molecule has 0 aliphatic rings. The van der Waals surface area contributed by atoms with Crippen LogP contribution in [0.15, 0.2) is 311 Å². The molecule has 0 radical (unpaired) electrons. The zero-order chi connectivity index (χ0) is 49.7. The van der Waals surface area contributed by atoms with Gasteiger partial charge < -0.3 is 4.57 Å². The molecule has 3 heterocycles. The van der Waals surface area contributed by atoms with Crippen LogP contribution < -0.4 is 0 Å². The third kappa shape index (κ3) is 7.55. The Balaban J connectivity index is 1.03. The standard InChI is InChI=1S/C70H48N4S/c1-6-23-49(24-7-1)52-43-53(50-25-8-2-9-26-50)45-54(44-52)70-71-64(51-27-22-34-59(46-51)75(56-28-10-3-11-29-56,57-30-12-4-13-31-57)58-32-14-5-15-33-58)48-69(72-70)74-67-40-21-18-37-62(67)63-47-55(41-42-68(63)74)73-65-38-19-16-35-60(65)61-36-17-20-39-66(61)73/h1-48H. The number of nitrogens with zero attached hydrogens (tertiary/aromatic N) is 4. The summed E-state index contributed by atoms with van der Waals surface area (Å²) in [6.07, 6.45) is 0. The molecule has 0 aliphatic heterocycles. The molecule has 0 aliphatic carbocycles. The zero-order valence-corrected chi connectivity index (χ0v) is 41.7. The molecule has 0 amide bonds. The van der Waals surface area contributed by atoms with E-state index in [0.29, 0.717) is 5.82 Å². The highest BCUT2D eigenvalue weighted by atomic mass is 32.3. The predicted molar refractivity (Wildman–Crippen MR) is 312 cm³/mol. The average Bonchev–Trinajstić information content (AvgIpc) is 4.04. The van der Waals surface area contributed by atoms with Crippen molar-refractivity contribution in [2.45, 2.75) is 19.6 Å². The maximum Gasteiger partial charge on any atom is 0.162 e. The Kier molecular flexibility index (Phi) is 10.9. The molecule has 0 bridgehead atoms. The van der Waals surface area contributed by atoms with Gasteiger partial charge in [0.25, 0.3) is 0 Å². The fourth-order valence-corrected chi connectivity index (χ4v) is 15.2. The Morgan fingerprint density at radius 3 is 1.20 bits per heavy atom. The van der Waals surface area contributed by atoms with Crippen LogP contribution in [0.5, 0.6) is 0 Å². The molecule has 3 aromatic heterocycles. The number of fused-ring (bicyclic) bond motifs is 6. The lowest BCUT2D eigenvalue weighted by Crippen LogP contribution is -2.06. The van der Waals surface area contributed by atoms with Crippen LogP contribution in [0.3, 0.4) is 0 Å². The van der Waals surface area contributed by atoms with Gasteiger partial charge in [-0.2, -0.15) is 0 Å². The molecule has 0 saturated carbocycles. The third-order valence-corrected chi connectivity index (χ3v) is 18.5. The summed E-state index contributed by atoms with van der Waals surface area (Å²) in [5.41, 5.74) is 12.8. The Hall–Kier alpha value is -9.55. The van der Waals surface area contributed by atoms with Gasteiger partial charge in [-0.3, -0.25) is 4.57 Å². The Bertz CT molecular complexity index is 4190. The van der Waals surface area contributed by atoms with E-state index in [0.717, 1.165) is 72.4 Å². The highest BCUT2D eigenvalue weighted by Gasteiger charge is 2.33. The van der Waals surface area contributed by atoms with Crippen molar-refractivity contribution in [3.63, 3.8) is 0 Å². The topological polar surface area (TPSA) is 35.6 Å². The highest BCUT2D eigenvalue weighted by molar-refractivity contribution is 8.34. The van der Waals surface area contributed by atoms with Crippen molar-refractivity contribution >= 4 is 53.6 Å². The van der Waals surface area contributed by atoms with Crippen LogP contribution in [0.25, 0.3) is 100 Å². The number of rotatable bonds is 10. The van der Waals surface area contributed by atoms with Crippen molar-refractivity contribution in [3.8, 4) is 56.4 Å². The van der Waals surface area contributed by atoms with E-state index < -0.39 is 10.0 Å². The van der Waals surface area contributed by atoms with Gasteiger partial charge in [0.2, 0.25) is 0 Å². The second kappa shape index (κ2) is 18.5. The van der Waals surface area contributed by atoms with Crippen molar-refractivity contribution < 1.29 is 0 Å². The molecule has 14 rings (SSSR count). The SMILES string of the molecule is c1ccc(-c2cc(-c3ccccc3)cc(-c3nc(-c4cccc(S(c5ccccc5)(c5ccccc5)c5ccccc5)c4)cc(-n4c5ccccc5c5cc(-n6c7ccccc7c7ccccc76)ccc54)n3)c2)cc1. The van der Waals surface area contributed by atoms with Gasteiger partial charge in [-0.05, 0) is 125 Å².